The predicted molar refractivity (Wildman–Crippen MR) is 190 cm³/mol. The summed E-state index contributed by atoms with van der Waals surface area (Å²) in [6, 6.07) is 6.48. The standard InChI is InChI=1S/C38H57N5O8/c1-37(2,3)51-30(44)24-29(33(46)40(4)5)41(6)34(47)31(27-18-11-12-19-27)42(7)35(48)38(21-13-14-22-38)39-32(45)28-20-15-23-43(28)36(49)50-25-26-16-9-8-10-17-26/h8-10,16-17,27-29,31H,11-15,18-25H2,1-7H3,(H,39,45)/t28-,29-,31-/m0/s1. The van der Waals surface area contributed by atoms with Crippen LogP contribution in [0.1, 0.15) is 97.0 Å². The van der Waals surface area contributed by atoms with E-state index < -0.39 is 59.0 Å². The molecule has 4 rings (SSSR count). The van der Waals surface area contributed by atoms with Gasteiger partial charge in [-0.1, -0.05) is 56.0 Å². The molecule has 13 nitrogen and oxygen atoms in total. The van der Waals surface area contributed by atoms with E-state index in [4.69, 9.17) is 9.47 Å². The van der Waals surface area contributed by atoms with Crippen LogP contribution in [0, 0.1) is 5.92 Å². The van der Waals surface area contributed by atoms with Gasteiger partial charge in [-0.15, -0.1) is 0 Å². The van der Waals surface area contributed by atoms with Crippen LogP contribution in [0.25, 0.3) is 0 Å². The van der Waals surface area contributed by atoms with E-state index in [9.17, 15) is 28.8 Å². The van der Waals surface area contributed by atoms with Crippen molar-refractivity contribution in [2.45, 2.75) is 127 Å². The molecule has 1 saturated heterocycles. The number of ether oxygens (including phenoxy) is 2. The second-order valence-corrected chi connectivity index (χ2v) is 15.6. The van der Waals surface area contributed by atoms with E-state index in [2.05, 4.69) is 5.32 Å². The molecule has 51 heavy (non-hydrogen) atoms. The van der Waals surface area contributed by atoms with Crippen LogP contribution in [0.2, 0.25) is 0 Å². The van der Waals surface area contributed by atoms with Crippen molar-refractivity contribution >= 4 is 35.7 Å². The number of esters is 1. The average molecular weight is 712 g/mol. The summed E-state index contributed by atoms with van der Waals surface area (Å²) in [6.45, 7) is 5.66. The molecule has 1 aromatic carbocycles. The van der Waals surface area contributed by atoms with Crippen LogP contribution in [0.5, 0.6) is 0 Å². The minimum absolute atomic E-state index is 0.0849. The number of carbonyl (C=O) groups is 6. The van der Waals surface area contributed by atoms with Crippen molar-refractivity contribution in [3.8, 4) is 0 Å². The van der Waals surface area contributed by atoms with Gasteiger partial charge in [0.15, 0.2) is 0 Å². The highest BCUT2D eigenvalue weighted by Gasteiger charge is 2.50. The van der Waals surface area contributed by atoms with E-state index in [0.29, 0.717) is 45.1 Å². The molecular formula is C38H57N5O8. The van der Waals surface area contributed by atoms with E-state index in [1.165, 1.54) is 26.6 Å². The van der Waals surface area contributed by atoms with Crippen molar-refractivity contribution in [3.05, 3.63) is 35.9 Å². The molecule has 0 bridgehead atoms. The van der Waals surface area contributed by atoms with Crippen LogP contribution >= 0.6 is 0 Å². The summed E-state index contributed by atoms with van der Waals surface area (Å²) in [5, 5.41) is 3.06. The average Bonchev–Trinajstić information content (AvgIpc) is 3.88. The van der Waals surface area contributed by atoms with E-state index in [1.807, 2.05) is 30.3 Å². The van der Waals surface area contributed by atoms with Crippen LogP contribution in [0.15, 0.2) is 30.3 Å². The Morgan fingerprint density at radius 1 is 0.863 bits per heavy atom. The van der Waals surface area contributed by atoms with Crippen LogP contribution in [-0.2, 0) is 40.1 Å². The number of carbonyl (C=O) groups excluding carboxylic acids is 6. The largest absolute Gasteiger partial charge is 0.460 e. The van der Waals surface area contributed by atoms with Gasteiger partial charge in [-0.2, -0.15) is 0 Å². The number of benzene rings is 1. The molecule has 0 radical (unpaired) electrons. The first kappa shape index (κ1) is 39.6. The van der Waals surface area contributed by atoms with Crippen LogP contribution < -0.4 is 5.32 Å². The third kappa shape index (κ3) is 9.79. The zero-order valence-corrected chi connectivity index (χ0v) is 31.4. The molecule has 282 valence electrons. The fourth-order valence-corrected chi connectivity index (χ4v) is 7.76. The number of amides is 5. The second kappa shape index (κ2) is 16.9. The summed E-state index contributed by atoms with van der Waals surface area (Å²) >= 11 is 0. The maximum absolute atomic E-state index is 14.6. The van der Waals surface area contributed by atoms with Gasteiger partial charge in [0.25, 0.3) is 0 Å². The van der Waals surface area contributed by atoms with Gasteiger partial charge in [0.05, 0.1) is 6.42 Å². The Kier molecular flexibility index (Phi) is 13.1. The van der Waals surface area contributed by atoms with Gasteiger partial charge in [0.2, 0.25) is 23.6 Å². The number of hydrogen-bond donors (Lipinski definition) is 1. The van der Waals surface area contributed by atoms with Gasteiger partial charge >= 0.3 is 12.1 Å². The Balaban J connectivity index is 1.54. The number of hydrogen-bond acceptors (Lipinski definition) is 8. The molecule has 5 amide bonds. The van der Waals surface area contributed by atoms with E-state index in [-0.39, 0.29) is 24.9 Å². The fraction of sp³-hybridized carbons (Fsp3) is 0.684. The van der Waals surface area contributed by atoms with Crippen LogP contribution in [-0.4, -0.2) is 119 Å². The molecule has 3 fully saturated rings. The molecule has 1 aliphatic heterocycles. The van der Waals surface area contributed by atoms with Crippen molar-refractivity contribution in [3.63, 3.8) is 0 Å². The second-order valence-electron chi connectivity index (χ2n) is 15.6. The maximum Gasteiger partial charge on any atom is 0.410 e. The van der Waals surface area contributed by atoms with Gasteiger partial charge in [0, 0.05) is 34.7 Å². The van der Waals surface area contributed by atoms with Gasteiger partial charge in [-0.3, -0.25) is 28.9 Å². The summed E-state index contributed by atoms with van der Waals surface area (Å²) < 4.78 is 11.0. The number of nitrogens with one attached hydrogen (secondary N) is 1. The minimum atomic E-state index is -1.25. The Morgan fingerprint density at radius 3 is 2.08 bits per heavy atom. The van der Waals surface area contributed by atoms with Gasteiger partial charge in [-0.25, -0.2) is 4.79 Å². The normalized spacial score (nSPS) is 19.9. The molecular weight excluding hydrogens is 654 g/mol. The zero-order chi connectivity index (χ0) is 37.5. The lowest BCUT2D eigenvalue weighted by Crippen LogP contribution is -2.64. The topological polar surface area (TPSA) is 146 Å². The summed E-state index contributed by atoms with van der Waals surface area (Å²) in [6.07, 6.45) is 5.62. The third-order valence-corrected chi connectivity index (χ3v) is 10.4. The number of rotatable bonds is 12. The Morgan fingerprint density at radius 2 is 1.49 bits per heavy atom. The van der Waals surface area contributed by atoms with Gasteiger partial charge < -0.3 is 29.5 Å². The monoisotopic (exact) mass is 711 g/mol. The SMILES string of the molecule is CN(C)C(=O)[C@H](CC(=O)OC(C)(C)C)N(C)C(=O)[C@H](C1CCCC1)N(C)C(=O)C1(NC(=O)[C@@H]2CCCN2C(=O)OCc2ccccc2)CCCC1. The van der Waals surface area contributed by atoms with Crippen molar-refractivity contribution in [1.29, 1.82) is 0 Å². The number of likely N-dealkylation sites (tertiary alicyclic amines) is 1. The zero-order valence-electron chi connectivity index (χ0n) is 31.4. The molecule has 0 spiro atoms. The highest BCUT2D eigenvalue weighted by Crippen LogP contribution is 2.36. The van der Waals surface area contributed by atoms with Crippen LogP contribution in [0.3, 0.4) is 0 Å². The summed E-state index contributed by atoms with van der Waals surface area (Å²) in [5.74, 6) is -2.43. The lowest BCUT2D eigenvalue weighted by atomic mass is 9.90. The van der Waals surface area contributed by atoms with Crippen molar-refractivity contribution in [2.75, 3.05) is 34.7 Å². The first-order chi connectivity index (χ1) is 24.0. The molecule has 1 aromatic rings. The first-order valence-electron chi connectivity index (χ1n) is 18.3. The number of nitrogens with zero attached hydrogens (tertiary/aromatic N) is 4. The van der Waals surface area contributed by atoms with Crippen molar-refractivity contribution in [2.24, 2.45) is 5.92 Å². The summed E-state index contributed by atoms with van der Waals surface area (Å²) in [5.41, 5.74) is -1.19. The fourth-order valence-electron chi connectivity index (χ4n) is 7.76. The van der Waals surface area contributed by atoms with Crippen LogP contribution in [0.4, 0.5) is 4.79 Å². The number of likely N-dealkylation sites (N-methyl/N-ethyl adjacent to an activating group) is 3. The maximum atomic E-state index is 14.6. The van der Waals surface area contributed by atoms with Crippen molar-refractivity contribution < 1.29 is 38.2 Å². The van der Waals surface area contributed by atoms with E-state index in [1.54, 1.807) is 41.9 Å². The highest BCUT2D eigenvalue weighted by atomic mass is 16.6. The molecule has 2 saturated carbocycles. The molecule has 1 heterocycles. The first-order valence-corrected chi connectivity index (χ1v) is 18.3. The Labute approximate surface area is 302 Å². The molecule has 2 aliphatic carbocycles. The lowest BCUT2D eigenvalue weighted by molar-refractivity contribution is -0.161. The predicted octanol–water partition coefficient (Wildman–Crippen LogP) is 3.88. The van der Waals surface area contributed by atoms with E-state index >= 15 is 0 Å². The van der Waals surface area contributed by atoms with Gasteiger partial charge in [-0.05, 0) is 70.8 Å². The Hall–Kier alpha value is -4.16. The Bertz CT molecular complexity index is 1410. The molecule has 13 heteroatoms. The molecule has 3 atom stereocenters. The minimum Gasteiger partial charge on any atom is -0.460 e. The quantitative estimate of drug-likeness (QED) is 0.322. The summed E-state index contributed by atoms with van der Waals surface area (Å²) in [4.78, 5) is 88.0. The molecule has 0 aromatic heterocycles. The molecule has 3 aliphatic rings. The van der Waals surface area contributed by atoms with Gasteiger partial charge in [0.1, 0.15) is 35.9 Å². The lowest BCUT2D eigenvalue weighted by Gasteiger charge is -2.41. The van der Waals surface area contributed by atoms with Crippen molar-refractivity contribution in [1.82, 2.24) is 24.9 Å². The molecule has 0 unspecified atom stereocenters. The third-order valence-electron chi connectivity index (χ3n) is 10.4. The highest BCUT2D eigenvalue weighted by molar-refractivity contribution is 5.98. The smallest absolute Gasteiger partial charge is 0.410 e. The summed E-state index contributed by atoms with van der Waals surface area (Å²) in [7, 11) is 6.22. The van der Waals surface area contributed by atoms with E-state index in [0.717, 1.165) is 31.2 Å². The molecule has 1 N–H and O–H groups in total.